The van der Waals surface area contributed by atoms with Crippen molar-refractivity contribution in [1.29, 1.82) is 0 Å². The smallest absolute Gasteiger partial charge is 0.410 e. The predicted octanol–water partition coefficient (Wildman–Crippen LogP) is 3.34. The van der Waals surface area contributed by atoms with Gasteiger partial charge in [0.15, 0.2) is 0 Å². The quantitative estimate of drug-likeness (QED) is 0.114. The fraction of sp³-hybridized carbons (Fsp3) is 0.857. The van der Waals surface area contributed by atoms with Gasteiger partial charge in [0.05, 0.1) is 72.2 Å². The highest BCUT2D eigenvalue weighted by molar-refractivity contribution is 5.74. The van der Waals surface area contributed by atoms with Crippen LogP contribution in [-0.2, 0) is 37.9 Å². The van der Waals surface area contributed by atoms with Crippen LogP contribution in [0.2, 0.25) is 0 Å². The second kappa shape index (κ2) is 25.1. The molecule has 15 heteroatoms. The summed E-state index contributed by atoms with van der Waals surface area (Å²) in [4.78, 5) is 44.4. The number of urea groups is 1. The Labute approximate surface area is 300 Å². The van der Waals surface area contributed by atoms with Crippen LogP contribution in [0.25, 0.3) is 0 Å². The van der Waals surface area contributed by atoms with Gasteiger partial charge >= 0.3 is 18.2 Å². The first kappa shape index (κ1) is 45.2. The zero-order valence-corrected chi connectivity index (χ0v) is 31.9. The van der Waals surface area contributed by atoms with Crippen LogP contribution < -0.4 is 0 Å². The SMILES string of the molecule is C#CCOCCOCCOCCOC1CCN(C(=O)N(CCOCCN(C)C(=O)OC(C)(C)C)CCOCCN(C)C(=O)OC(C)(C)C)CC1. The number of terminal acetylenes is 1. The lowest BCUT2D eigenvalue weighted by atomic mass is 10.1. The summed E-state index contributed by atoms with van der Waals surface area (Å²) in [6.07, 6.45) is 5.78. The number of ether oxygens (including phenoxy) is 8. The van der Waals surface area contributed by atoms with E-state index in [-0.39, 0.29) is 18.7 Å². The molecule has 0 atom stereocenters. The molecule has 1 fully saturated rings. The molecule has 290 valence electrons. The summed E-state index contributed by atoms with van der Waals surface area (Å²) in [5, 5.41) is 0. The van der Waals surface area contributed by atoms with Crippen molar-refractivity contribution in [2.24, 2.45) is 0 Å². The van der Waals surface area contributed by atoms with Crippen LogP contribution >= 0.6 is 0 Å². The van der Waals surface area contributed by atoms with E-state index in [1.54, 1.807) is 19.0 Å². The molecule has 0 radical (unpaired) electrons. The van der Waals surface area contributed by atoms with E-state index in [1.807, 2.05) is 46.4 Å². The largest absolute Gasteiger partial charge is 0.444 e. The van der Waals surface area contributed by atoms with Gasteiger partial charge in [0, 0.05) is 53.4 Å². The Kier molecular flexibility index (Phi) is 22.7. The van der Waals surface area contributed by atoms with Crippen molar-refractivity contribution in [3.05, 3.63) is 0 Å². The minimum Gasteiger partial charge on any atom is -0.444 e. The third-order valence-corrected chi connectivity index (χ3v) is 7.06. The molecule has 0 aliphatic carbocycles. The molecular formula is C35H64N4O11. The van der Waals surface area contributed by atoms with Crippen molar-refractivity contribution in [1.82, 2.24) is 19.6 Å². The monoisotopic (exact) mass is 716 g/mol. The van der Waals surface area contributed by atoms with Crippen LogP contribution in [0.15, 0.2) is 0 Å². The van der Waals surface area contributed by atoms with Gasteiger partial charge in [0.1, 0.15) is 17.8 Å². The molecule has 0 saturated carbocycles. The summed E-state index contributed by atoms with van der Waals surface area (Å²) < 4.78 is 44.4. The van der Waals surface area contributed by atoms with Crippen LogP contribution in [0.5, 0.6) is 0 Å². The molecule has 0 bridgehead atoms. The van der Waals surface area contributed by atoms with E-state index in [1.165, 1.54) is 9.80 Å². The number of nitrogens with zero attached hydrogens (tertiary/aromatic N) is 4. The van der Waals surface area contributed by atoms with Gasteiger partial charge in [-0.3, -0.25) is 0 Å². The van der Waals surface area contributed by atoms with E-state index >= 15 is 0 Å². The summed E-state index contributed by atoms with van der Waals surface area (Å²) in [6, 6.07) is -0.0968. The number of carbonyl (C=O) groups is 3. The molecule has 0 aromatic heterocycles. The number of likely N-dealkylation sites (tertiary alicyclic amines) is 1. The molecule has 1 heterocycles. The lowest BCUT2D eigenvalue weighted by molar-refractivity contribution is -0.0321. The van der Waals surface area contributed by atoms with Gasteiger partial charge in [-0.1, -0.05) is 5.92 Å². The Balaban J connectivity index is 2.48. The van der Waals surface area contributed by atoms with Crippen LogP contribution in [-0.4, -0.2) is 181 Å². The molecule has 0 N–H and O–H groups in total. The highest BCUT2D eigenvalue weighted by Crippen LogP contribution is 2.16. The van der Waals surface area contributed by atoms with Gasteiger partial charge in [0.25, 0.3) is 0 Å². The van der Waals surface area contributed by atoms with Gasteiger partial charge in [-0.15, -0.1) is 6.42 Å². The average molecular weight is 717 g/mol. The number of hydrogen-bond acceptors (Lipinski definition) is 11. The highest BCUT2D eigenvalue weighted by Gasteiger charge is 2.27. The fourth-order valence-corrected chi connectivity index (χ4v) is 4.38. The molecule has 0 aromatic rings. The molecule has 50 heavy (non-hydrogen) atoms. The molecule has 0 spiro atoms. The van der Waals surface area contributed by atoms with Gasteiger partial charge in [0.2, 0.25) is 0 Å². The Morgan fingerprint density at radius 3 is 1.48 bits per heavy atom. The molecule has 0 aromatic carbocycles. The first-order chi connectivity index (χ1) is 23.6. The Hall–Kier alpha value is -2.87. The van der Waals surface area contributed by atoms with Crippen LogP contribution in [0, 0.1) is 12.3 Å². The van der Waals surface area contributed by atoms with E-state index in [4.69, 9.17) is 44.3 Å². The van der Waals surface area contributed by atoms with E-state index in [0.717, 1.165) is 12.8 Å². The number of hydrogen-bond donors (Lipinski definition) is 0. The topological polar surface area (TPSA) is 138 Å². The Morgan fingerprint density at radius 2 is 1.04 bits per heavy atom. The molecule has 4 amide bonds. The number of piperidine rings is 1. The summed E-state index contributed by atoms with van der Waals surface area (Å²) in [5.74, 6) is 2.40. The van der Waals surface area contributed by atoms with Crippen molar-refractivity contribution >= 4 is 18.2 Å². The second-order valence-corrected chi connectivity index (χ2v) is 13.8. The lowest BCUT2D eigenvalue weighted by Gasteiger charge is -2.35. The molecule has 1 saturated heterocycles. The Bertz CT molecular complexity index is 945. The number of amides is 4. The zero-order chi connectivity index (χ0) is 37.4. The normalized spacial score (nSPS) is 13.9. The van der Waals surface area contributed by atoms with Crippen LogP contribution in [0.3, 0.4) is 0 Å². The summed E-state index contributed by atoms with van der Waals surface area (Å²) >= 11 is 0. The van der Waals surface area contributed by atoms with E-state index in [9.17, 15) is 14.4 Å². The summed E-state index contributed by atoms with van der Waals surface area (Å²) in [6.45, 7) is 17.7. The lowest BCUT2D eigenvalue weighted by Crippen LogP contribution is -2.49. The van der Waals surface area contributed by atoms with Crippen LogP contribution in [0.4, 0.5) is 14.4 Å². The van der Waals surface area contributed by atoms with Gasteiger partial charge < -0.3 is 57.5 Å². The van der Waals surface area contributed by atoms with Gasteiger partial charge in [-0.2, -0.15) is 0 Å². The molecule has 1 aliphatic rings. The molecule has 0 unspecified atom stereocenters. The maximum atomic E-state index is 13.6. The first-order valence-electron chi connectivity index (χ1n) is 17.5. The summed E-state index contributed by atoms with van der Waals surface area (Å²) in [7, 11) is 3.31. The first-order valence-corrected chi connectivity index (χ1v) is 17.5. The zero-order valence-electron chi connectivity index (χ0n) is 31.9. The molecule has 1 rings (SSSR count). The maximum Gasteiger partial charge on any atom is 0.410 e. The standard InChI is InChI=1S/C35H64N4O11/c1-10-19-43-24-25-46-26-27-47-28-29-48-30-11-13-38(14-12-30)31(40)39(17-22-44-20-15-36(8)32(41)49-34(2,3)4)18-23-45-21-16-37(9)33(42)50-35(5,6)7/h1,30H,11-29H2,2-9H3. The van der Waals surface area contributed by atoms with E-state index in [0.29, 0.717) is 105 Å². The van der Waals surface area contributed by atoms with Crippen molar-refractivity contribution < 1.29 is 52.3 Å². The van der Waals surface area contributed by atoms with Crippen molar-refractivity contribution in [2.45, 2.75) is 71.7 Å². The second-order valence-electron chi connectivity index (χ2n) is 13.8. The third kappa shape index (κ3) is 22.8. The fourth-order valence-electron chi connectivity index (χ4n) is 4.38. The molecule has 15 nitrogen and oxygen atoms in total. The minimum atomic E-state index is -0.579. The van der Waals surface area contributed by atoms with Crippen LogP contribution in [0.1, 0.15) is 54.4 Å². The maximum absolute atomic E-state index is 13.6. The Morgan fingerprint density at radius 1 is 0.640 bits per heavy atom. The molecular weight excluding hydrogens is 652 g/mol. The minimum absolute atomic E-state index is 0.0521. The van der Waals surface area contributed by atoms with E-state index in [2.05, 4.69) is 5.92 Å². The highest BCUT2D eigenvalue weighted by atomic mass is 16.6. The predicted molar refractivity (Wildman–Crippen MR) is 188 cm³/mol. The number of likely N-dealkylation sites (N-methyl/N-ethyl adjacent to an activating group) is 2. The van der Waals surface area contributed by atoms with Crippen molar-refractivity contribution in [2.75, 3.05) is 126 Å². The van der Waals surface area contributed by atoms with Gasteiger partial charge in [-0.05, 0) is 54.4 Å². The number of carbonyl (C=O) groups excluding carboxylic acids is 3. The van der Waals surface area contributed by atoms with E-state index < -0.39 is 23.4 Å². The third-order valence-electron chi connectivity index (χ3n) is 7.06. The average Bonchev–Trinajstić information content (AvgIpc) is 3.04. The molecule has 1 aliphatic heterocycles. The van der Waals surface area contributed by atoms with Crippen molar-refractivity contribution in [3.8, 4) is 12.3 Å². The van der Waals surface area contributed by atoms with Crippen molar-refractivity contribution in [3.63, 3.8) is 0 Å². The van der Waals surface area contributed by atoms with Gasteiger partial charge in [-0.25, -0.2) is 14.4 Å². The number of rotatable bonds is 23. The summed E-state index contributed by atoms with van der Waals surface area (Å²) in [5.41, 5.74) is -1.16.